The van der Waals surface area contributed by atoms with Crippen molar-refractivity contribution in [2.45, 2.75) is 18.8 Å². The molecule has 2 heterocycles. The van der Waals surface area contributed by atoms with Crippen LogP contribution in [0.15, 0.2) is 42.6 Å². The van der Waals surface area contributed by atoms with E-state index in [1.54, 1.807) is 7.11 Å². The summed E-state index contributed by atoms with van der Waals surface area (Å²) in [5.74, 6) is 1.49. The fraction of sp³-hybridized carbons (Fsp3) is 0.353. The smallest absolute Gasteiger partial charge is 0.118 e. The molecule has 1 aliphatic heterocycles. The van der Waals surface area contributed by atoms with Gasteiger partial charge in [-0.3, -0.25) is 4.98 Å². The van der Waals surface area contributed by atoms with Crippen molar-refractivity contribution in [3.63, 3.8) is 0 Å². The molecule has 0 unspecified atom stereocenters. The van der Waals surface area contributed by atoms with E-state index in [0.717, 1.165) is 30.1 Å². The number of benzene rings is 1. The van der Waals surface area contributed by atoms with Gasteiger partial charge in [0.2, 0.25) is 0 Å². The highest BCUT2D eigenvalue weighted by Crippen LogP contribution is 2.27. The summed E-state index contributed by atoms with van der Waals surface area (Å²) in [6.45, 7) is 2.22. The van der Waals surface area contributed by atoms with Crippen molar-refractivity contribution in [1.82, 2.24) is 10.3 Å². The Morgan fingerprint density at radius 2 is 2.05 bits per heavy atom. The topological polar surface area (TPSA) is 34.1 Å². The second kappa shape index (κ2) is 6.06. The largest absolute Gasteiger partial charge is 0.497 e. The maximum atomic E-state index is 5.20. The lowest BCUT2D eigenvalue weighted by molar-refractivity contribution is 0.415. The molecule has 1 fully saturated rings. The van der Waals surface area contributed by atoms with Crippen LogP contribution < -0.4 is 10.1 Å². The van der Waals surface area contributed by atoms with Gasteiger partial charge in [-0.25, -0.2) is 0 Å². The van der Waals surface area contributed by atoms with E-state index < -0.39 is 0 Å². The van der Waals surface area contributed by atoms with E-state index in [2.05, 4.69) is 34.6 Å². The first kappa shape index (κ1) is 13.1. The average Bonchev–Trinajstić information content (AvgIpc) is 2.56. The molecule has 2 aromatic rings. The van der Waals surface area contributed by atoms with Crippen LogP contribution >= 0.6 is 0 Å². The Bertz CT molecular complexity index is 559. The number of hydrogen-bond acceptors (Lipinski definition) is 3. The summed E-state index contributed by atoms with van der Waals surface area (Å²) in [5.41, 5.74) is 3.56. The van der Waals surface area contributed by atoms with E-state index in [4.69, 9.17) is 4.74 Å². The van der Waals surface area contributed by atoms with Crippen molar-refractivity contribution >= 4 is 0 Å². The van der Waals surface area contributed by atoms with Gasteiger partial charge in [0, 0.05) is 18.3 Å². The molecule has 104 valence electrons. The summed E-state index contributed by atoms with van der Waals surface area (Å²) >= 11 is 0. The molecule has 0 saturated carbocycles. The molecular formula is C17H20N2O. The Morgan fingerprint density at radius 3 is 2.75 bits per heavy atom. The monoisotopic (exact) mass is 268 g/mol. The zero-order valence-corrected chi connectivity index (χ0v) is 11.8. The SMILES string of the molecule is COc1ccc(-c2cc([C@H]3CCCNC3)ccn2)cc1. The molecule has 3 rings (SSSR count). The second-order valence-corrected chi connectivity index (χ2v) is 5.25. The van der Waals surface area contributed by atoms with Crippen LogP contribution in [0.25, 0.3) is 11.3 Å². The van der Waals surface area contributed by atoms with Gasteiger partial charge in [0.05, 0.1) is 12.8 Å². The quantitative estimate of drug-likeness (QED) is 0.928. The summed E-state index contributed by atoms with van der Waals surface area (Å²) < 4.78 is 5.20. The minimum atomic E-state index is 0.615. The van der Waals surface area contributed by atoms with Gasteiger partial charge in [0.25, 0.3) is 0 Å². The number of nitrogens with one attached hydrogen (secondary N) is 1. The Hall–Kier alpha value is -1.87. The van der Waals surface area contributed by atoms with Crippen molar-refractivity contribution < 1.29 is 4.74 Å². The average molecular weight is 268 g/mol. The number of rotatable bonds is 3. The Labute approximate surface area is 120 Å². The maximum Gasteiger partial charge on any atom is 0.118 e. The number of pyridine rings is 1. The van der Waals surface area contributed by atoms with Crippen molar-refractivity contribution in [3.8, 4) is 17.0 Å². The predicted octanol–water partition coefficient (Wildman–Crippen LogP) is 3.22. The van der Waals surface area contributed by atoms with Crippen LogP contribution in [0.3, 0.4) is 0 Å². The highest BCUT2D eigenvalue weighted by molar-refractivity contribution is 5.60. The summed E-state index contributed by atoms with van der Waals surface area (Å²) in [4.78, 5) is 4.50. The van der Waals surface area contributed by atoms with Crippen molar-refractivity contribution in [1.29, 1.82) is 0 Å². The summed E-state index contributed by atoms with van der Waals surface area (Å²) in [5, 5.41) is 3.47. The fourth-order valence-electron chi connectivity index (χ4n) is 2.76. The molecule has 1 N–H and O–H groups in total. The molecule has 3 heteroatoms. The van der Waals surface area contributed by atoms with Crippen molar-refractivity contribution in [2.24, 2.45) is 0 Å². The molecule has 1 atom stereocenters. The molecule has 3 nitrogen and oxygen atoms in total. The zero-order valence-electron chi connectivity index (χ0n) is 11.8. The number of nitrogens with zero attached hydrogens (tertiary/aromatic N) is 1. The minimum absolute atomic E-state index is 0.615. The zero-order chi connectivity index (χ0) is 13.8. The standard InChI is InChI=1S/C17H20N2O/c1-20-16-6-4-13(5-7-16)17-11-14(8-10-19-17)15-3-2-9-18-12-15/h4-8,10-11,15,18H,2-3,9,12H2,1H3/t15-/m0/s1. The van der Waals surface area contributed by atoms with Crippen LogP contribution in [0.1, 0.15) is 24.3 Å². The van der Waals surface area contributed by atoms with Crippen LogP contribution in [-0.2, 0) is 0 Å². The van der Waals surface area contributed by atoms with Crippen LogP contribution in [0.4, 0.5) is 0 Å². The minimum Gasteiger partial charge on any atom is -0.497 e. The molecule has 1 aromatic heterocycles. The lowest BCUT2D eigenvalue weighted by Gasteiger charge is -2.23. The molecule has 1 aromatic carbocycles. The molecular weight excluding hydrogens is 248 g/mol. The number of aromatic nitrogens is 1. The molecule has 1 saturated heterocycles. The normalized spacial score (nSPS) is 18.8. The summed E-state index contributed by atoms with van der Waals surface area (Å²) in [6, 6.07) is 12.4. The number of hydrogen-bond donors (Lipinski definition) is 1. The summed E-state index contributed by atoms with van der Waals surface area (Å²) in [7, 11) is 1.68. The van der Waals surface area contributed by atoms with E-state index in [-0.39, 0.29) is 0 Å². The first-order valence-electron chi connectivity index (χ1n) is 7.18. The highest BCUT2D eigenvalue weighted by atomic mass is 16.5. The van der Waals surface area contributed by atoms with E-state index in [0.29, 0.717) is 5.92 Å². The number of piperidine rings is 1. The van der Waals surface area contributed by atoms with Gasteiger partial charge in [-0.05, 0) is 67.3 Å². The summed E-state index contributed by atoms with van der Waals surface area (Å²) in [6.07, 6.45) is 4.44. The fourth-order valence-corrected chi connectivity index (χ4v) is 2.76. The van der Waals surface area contributed by atoms with Crippen LogP contribution in [-0.4, -0.2) is 25.2 Å². The number of methoxy groups -OCH3 is 1. The number of ether oxygens (including phenoxy) is 1. The van der Waals surface area contributed by atoms with E-state index in [1.807, 2.05) is 18.3 Å². The molecule has 0 spiro atoms. The maximum absolute atomic E-state index is 5.20. The van der Waals surface area contributed by atoms with E-state index >= 15 is 0 Å². The lowest BCUT2D eigenvalue weighted by Crippen LogP contribution is -2.28. The van der Waals surface area contributed by atoms with E-state index in [9.17, 15) is 0 Å². The van der Waals surface area contributed by atoms with Gasteiger partial charge in [-0.1, -0.05) is 0 Å². The van der Waals surface area contributed by atoms with Crippen molar-refractivity contribution in [2.75, 3.05) is 20.2 Å². The first-order chi connectivity index (χ1) is 9.86. The molecule has 0 amide bonds. The Morgan fingerprint density at radius 1 is 1.20 bits per heavy atom. The first-order valence-corrected chi connectivity index (χ1v) is 7.18. The van der Waals surface area contributed by atoms with Crippen LogP contribution in [0.5, 0.6) is 5.75 Å². The highest BCUT2D eigenvalue weighted by Gasteiger charge is 2.15. The van der Waals surface area contributed by atoms with Gasteiger partial charge >= 0.3 is 0 Å². The molecule has 0 bridgehead atoms. The Balaban J connectivity index is 1.85. The molecule has 20 heavy (non-hydrogen) atoms. The van der Waals surface area contributed by atoms with E-state index in [1.165, 1.54) is 18.4 Å². The van der Waals surface area contributed by atoms with Gasteiger partial charge in [-0.15, -0.1) is 0 Å². The van der Waals surface area contributed by atoms with Gasteiger partial charge in [0.15, 0.2) is 0 Å². The van der Waals surface area contributed by atoms with Crippen LogP contribution in [0, 0.1) is 0 Å². The Kier molecular flexibility index (Phi) is 3.97. The lowest BCUT2D eigenvalue weighted by atomic mass is 9.91. The third-order valence-electron chi connectivity index (χ3n) is 3.94. The van der Waals surface area contributed by atoms with Crippen LogP contribution in [0.2, 0.25) is 0 Å². The molecule has 1 aliphatic rings. The second-order valence-electron chi connectivity index (χ2n) is 5.25. The van der Waals surface area contributed by atoms with Gasteiger partial charge < -0.3 is 10.1 Å². The molecule has 0 aliphatic carbocycles. The third-order valence-corrected chi connectivity index (χ3v) is 3.94. The van der Waals surface area contributed by atoms with Gasteiger partial charge in [0.1, 0.15) is 5.75 Å². The molecule has 0 radical (unpaired) electrons. The van der Waals surface area contributed by atoms with Crippen molar-refractivity contribution in [3.05, 3.63) is 48.2 Å². The van der Waals surface area contributed by atoms with Gasteiger partial charge in [-0.2, -0.15) is 0 Å². The predicted molar refractivity (Wildman–Crippen MR) is 81.1 cm³/mol. The third kappa shape index (κ3) is 2.83.